The van der Waals surface area contributed by atoms with Crippen LogP contribution in [0.4, 0.5) is 10.2 Å². The van der Waals surface area contributed by atoms with E-state index in [1.54, 1.807) is 19.3 Å². The molecule has 0 spiro atoms. The average molecular weight is 566 g/mol. The molecule has 1 amide bonds. The number of piperazine rings is 1. The second-order valence-electron chi connectivity index (χ2n) is 10.4. The van der Waals surface area contributed by atoms with E-state index in [4.69, 9.17) is 0 Å². The number of aryl methyl sites for hydroxylation is 1. The maximum Gasteiger partial charge on any atom is 0.240 e. The Hall–Kier alpha value is -4.90. The largest absolute Gasteiger partial charge is 0.352 e. The van der Waals surface area contributed by atoms with Gasteiger partial charge in [0.1, 0.15) is 35.6 Å². The minimum absolute atomic E-state index is 0.0954. The van der Waals surface area contributed by atoms with Gasteiger partial charge in [0.2, 0.25) is 5.91 Å². The number of halogens is 1. The van der Waals surface area contributed by atoms with Gasteiger partial charge in [0.05, 0.1) is 28.9 Å². The molecule has 42 heavy (non-hydrogen) atoms. The molecule has 1 saturated heterocycles. The van der Waals surface area contributed by atoms with Crippen LogP contribution in [0, 0.1) is 40.3 Å². The number of hydrogen-bond donors (Lipinski definition) is 0. The summed E-state index contributed by atoms with van der Waals surface area (Å²) in [4.78, 5) is 30.5. The average Bonchev–Trinajstić information content (AvgIpc) is 3.77. The molecule has 1 aliphatic carbocycles. The highest BCUT2D eigenvalue weighted by Gasteiger charge is 2.41. The van der Waals surface area contributed by atoms with Crippen LogP contribution in [0.1, 0.15) is 39.3 Å². The molecule has 3 aromatic heterocycles. The van der Waals surface area contributed by atoms with Crippen LogP contribution in [0.2, 0.25) is 0 Å². The number of nitrogens with zero attached hydrogens (tertiary/aromatic N) is 9. The SMILES string of the molecule is CC.CC1CN(c2ncnc3c(-c4cc(C#N)n(C)n4)ccc(-c4cncc(F)c4)c23)CCN1C(=O)C(C#N)C1CC1. The summed E-state index contributed by atoms with van der Waals surface area (Å²) in [6.07, 6.45) is 6.10. The van der Waals surface area contributed by atoms with Crippen LogP contribution in [0.3, 0.4) is 0 Å². The Balaban J connectivity index is 0.00000173. The lowest BCUT2D eigenvalue weighted by atomic mass is 9.97. The molecule has 11 heteroatoms. The summed E-state index contributed by atoms with van der Waals surface area (Å²) >= 11 is 0. The maximum atomic E-state index is 14.3. The molecule has 2 unspecified atom stereocenters. The summed E-state index contributed by atoms with van der Waals surface area (Å²) in [6, 6.07) is 11.1. The Labute approximate surface area is 244 Å². The van der Waals surface area contributed by atoms with Gasteiger partial charge in [-0.1, -0.05) is 19.9 Å². The zero-order chi connectivity index (χ0) is 30.0. The van der Waals surface area contributed by atoms with Gasteiger partial charge in [0.15, 0.2) is 0 Å². The molecule has 0 N–H and O–H groups in total. The fourth-order valence-electron chi connectivity index (χ4n) is 5.56. The number of hydrogen-bond acceptors (Lipinski definition) is 8. The topological polar surface area (TPSA) is 128 Å². The molecule has 214 valence electrons. The van der Waals surface area contributed by atoms with Crippen LogP contribution in [-0.4, -0.2) is 61.2 Å². The zero-order valence-electron chi connectivity index (χ0n) is 24.1. The smallest absolute Gasteiger partial charge is 0.240 e. The third-order valence-corrected chi connectivity index (χ3v) is 7.76. The highest BCUT2D eigenvalue weighted by Crippen LogP contribution is 2.40. The number of amides is 1. The van der Waals surface area contributed by atoms with Crippen molar-refractivity contribution in [2.75, 3.05) is 24.5 Å². The first-order valence-electron chi connectivity index (χ1n) is 14.2. The highest BCUT2D eigenvalue weighted by atomic mass is 19.1. The molecule has 2 atom stereocenters. The maximum absolute atomic E-state index is 14.3. The third kappa shape index (κ3) is 5.26. The normalized spacial score (nSPS) is 17.2. The fourth-order valence-corrected chi connectivity index (χ4v) is 5.56. The minimum Gasteiger partial charge on any atom is -0.352 e. The standard InChI is InChI=1S/C29H26FN9O.C2H6/c1-17-15-38(7-8-39(17)29(40)24(12-32)18-3-4-18)28-26-22(19-9-20(30)14-33-13-19)5-6-23(27(26)34-16-35-28)25-10-21(11-31)37(2)36-25;1-2/h5-6,9-10,13-14,16-18,24H,3-4,7-8,15H2,1-2H3;1-2H3. The Morgan fingerprint density at radius 3 is 2.50 bits per heavy atom. The number of carbonyl (C=O) groups is 1. The summed E-state index contributed by atoms with van der Waals surface area (Å²) in [7, 11) is 1.71. The van der Waals surface area contributed by atoms with Crippen LogP contribution in [0.5, 0.6) is 0 Å². The molecular weight excluding hydrogens is 533 g/mol. The predicted octanol–water partition coefficient (Wildman–Crippen LogP) is 4.72. The van der Waals surface area contributed by atoms with Gasteiger partial charge in [-0.15, -0.1) is 0 Å². The second-order valence-corrected chi connectivity index (χ2v) is 10.4. The molecule has 4 heterocycles. The highest BCUT2D eigenvalue weighted by molar-refractivity contribution is 6.07. The molecule has 0 bridgehead atoms. The summed E-state index contributed by atoms with van der Waals surface area (Å²) < 4.78 is 15.8. The molecule has 1 aromatic carbocycles. The van der Waals surface area contributed by atoms with E-state index in [1.165, 1.54) is 17.1 Å². The van der Waals surface area contributed by atoms with Crippen molar-refractivity contribution < 1.29 is 9.18 Å². The van der Waals surface area contributed by atoms with E-state index in [1.807, 2.05) is 37.8 Å². The van der Waals surface area contributed by atoms with Gasteiger partial charge in [-0.05, 0) is 43.4 Å². The van der Waals surface area contributed by atoms with Gasteiger partial charge in [-0.2, -0.15) is 15.6 Å². The molecule has 10 nitrogen and oxygen atoms in total. The molecule has 2 aliphatic rings. The molecule has 6 rings (SSSR count). The minimum atomic E-state index is -0.583. The van der Waals surface area contributed by atoms with Crippen molar-refractivity contribution in [2.45, 2.75) is 39.7 Å². The van der Waals surface area contributed by atoms with E-state index < -0.39 is 11.7 Å². The lowest BCUT2D eigenvalue weighted by molar-refractivity contribution is -0.136. The number of anilines is 1. The van der Waals surface area contributed by atoms with Crippen LogP contribution in [0.25, 0.3) is 33.3 Å². The number of nitriles is 2. The van der Waals surface area contributed by atoms with E-state index >= 15 is 0 Å². The van der Waals surface area contributed by atoms with Gasteiger partial charge >= 0.3 is 0 Å². The van der Waals surface area contributed by atoms with Crippen LogP contribution in [-0.2, 0) is 11.8 Å². The monoisotopic (exact) mass is 565 g/mol. The number of benzene rings is 1. The summed E-state index contributed by atoms with van der Waals surface area (Å²) in [6.45, 7) is 7.46. The van der Waals surface area contributed by atoms with Crippen molar-refractivity contribution in [3.8, 4) is 34.5 Å². The second kappa shape index (κ2) is 11.9. The first-order valence-corrected chi connectivity index (χ1v) is 14.2. The van der Waals surface area contributed by atoms with Crippen LogP contribution in [0.15, 0.2) is 43.0 Å². The number of fused-ring (bicyclic) bond motifs is 1. The lowest BCUT2D eigenvalue weighted by Crippen LogP contribution is -2.55. The molecule has 4 aromatic rings. The van der Waals surface area contributed by atoms with Gasteiger partial charge in [-0.25, -0.2) is 14.4 Å². The summed E-state index contributed by atoms with van der Waals surface area (Å²) in [5.74, 6) is -0.315. The Kier molecular flexibility index (Phi) is 8.12. The van der Waals surface area contributed by atoms with Gasteiger partial charge < -0.3 is 9.80 Å². The third-order valence-electron chi connectivity index (χ3n) is 7.76. The molecular formula is C31H32FN9O. The van der Waals surface area contributed by atoms with E-state index in [-0.39, 0.29) is 17.9 Å². The summed E-state index contributed by atoms with van der Waals surface area (Å²) in [5, 5.41) is 24.3. The van der Waals surface area contributed by atoms with E-state index in [0.29, 0.717) is 64.4 Å². The van der Waals surface area contributed by atoms with Crippen molar-refractivity contribution in [2.24, 2.45) is 18.9 Å². The van der Waals surface area contributed by atoms with Crippen molar-refractivity contribution in [1.29, 1.82) is 10.5 Å². The number of rotatable bonds is 5. The van der Waals surface area contributed by atoms with E-state index in [2.05, 4.69) is 37.1 Å². The lowest BCUT2D eigenvalue weighted by Gasteiger charge is -2.41. The molecule has 1 saturated carbocycles. The Bertz CT molecular complexity index is 1720. The van der Waals surface area contributed by atoms with Crippen molar-refractivity contribution in [3.05, 3.63) is 54.5 Å². The Morgan fingerprint density at radius 1 is 1.10 bits per heavy atom. The fraction of sp³-hybridized carbons (Fsp3) is 0.387. The summed E-state index contributed by atoms with van der Waals surface area (Å²) in [5.41, 5.74) is 3.61. The zero-order valence-corrected chi connectivity index (χ0v) is 24.1. The predicted molar refractivity (Wildman–Crippen MR) is 156 cm³/mol. The van der Waals surface area contributed by atoms with E-state index in [0.717, 1.165) is 19.0 Å². The van der Waals surface area contributed by atoms with Gasteiger partial charge in [0, 0.05) is 56.1 Å². The van der Waals surface area contributed by atoms with Crippen LogP contribution < -0.4 is 4.90 Å². The van der Waals surface area contributed by atoms with Gasteiger partial charge in [0.25, 0.3) is 0 Å². The number of aromatic nitrogens is 5. The first-order chi connectivity index (χ1) is 20.4. The number of carbonyl (C=O) groups excluding carboxylic acids is 1. The van der Waals surface area contributed by atoms with Gasteiger partial charge in [-0.3, -0.25) is 14.5 Å². The van der Waals surface area contributed by atoms with Crippen molar-refractivity contribution in [1.82, 2.24) is 29.6 Å². The number of pyridine rings is 1. The molecule has 2 fully saturated rings. The first kappa shape index (κ1) is 28.6. The Morgan fingerprint density at radius 2 is 1.86 bits per heavy atom. The molecule has 1 aliphatic heterocycles. The van der Waals surface area contributed by atoms with E-state index in [9.17, 15) is 19.7 Å². The van der Waals surface area contributed by atoms with Crippen LogP contribution >= 0.6 is 0 Å². The van der Waals surface area contributed by atoms with Crippen molar-refractivity contribution >= 4 is 22.6 Å². The molecule has 0 radical (unpaired) electrons. The quantitative estimate of drug-likeness (QED) is 0.340. The van der Waals surface area contributed by atoms with Crippen molar-refractivity contribution in [3.63, 3.8) is 0 Å².